The Labute approximate surface area is 160 Å². The molecule has 0 aromatic carbocycles. The minimum Gasteiger partial charge on any atom is -0.491 e. The van der Waals surface area contributed by atoms with E-state index < -0.39 is 6.10 Å². The van der Waals surface area contributed by atoms with Crippen LogP contribution in [-0.2, 0) is 0 Å². The van der Waals surface area contributed by atoms with Crippen molar-refractivity contribution in [1.82, 2.24) is 9.58 Å². The lowest BCUT2D eigenvalue weighted by atomic mass is 10.1. The number of aromatic nitrogens is 1. The first-order chi connectivity index (χ1) is 12.9. The number of nitrogens with zero attached hydrogens (tertiary/aromatic N) is 3. The molecule has 27 heavy (non-hydrogen) atoms. The molecular formula is C20H29N3O4. The Morgan fingerprint density at radius 1 is 1.41 bits per heavy atom. The van der Waals surface area contributed by atoms with E-state index in [1.54, 1.807) is 28.9 Å². The average molecular weight is 375 g/mol. The molecule has 2 heterocycles. The summed E-state index contributed by atoms with van der Waals surface area (Å²) >= 11 is 0. The van der Waals surface area contributed by atoms with Crippen molar-refractivity contribution in [3.05, 3.63) is 53.0 Å². The Kier molecular flexibility index (Phi) is 6.85. The van der Waals surface area contributed by atoms with Gasteiger partial charge in [-0.1, -0.05) is 31.7 Å². The molecule has 0 saturated heterocycles. The predicted molar refractivity (Wildman–Crippen MR) is 106 cm³/mol. The van der Waals surface area contributed by atoms with Gasteiger partial charge in [0.2, 0.25) is 5.43 Å². The van der Waals surface area contributed by atoms with Crippen molar-refractivity contribution >= 4 is 5.91 Å². The Bertz CT molecular complexity index is 771. The highest BCUT2D eigenvalue weighted by molar-refractivity contribution is 5.96. The molecule has 1 aromatic rings. The monoisotopic (exact) mass is 375 g/mol. The Balaban J connectivity index is 2.58. The van der Waals surface area contributed by atoms with Crippen LogP contribution in [0.2, 0.25) is 0 Å². The van der Waals surface area contributed by atoms with E-state index >= 15 is 0 Å². The van der Waals surface area contributed by atoms with Crippen LogP contribution in [-0.4, -0.2) is 53.1 Å². The van der Waals surface area contributed by atoms with Crippen LogP contribution in [0.15, 0.2) is 41.9 Å². The highest BCUT2D eigenvalue weighted by Gasteiger charge is 2.39. The first-order valence-corrected chi connectivity index (χ1v) is 9.20. The lowest BCUT2D eigenvalue weighted by molar-refractivity contribution is 0.0575. The molecule has 2 unspecified atom stereocenters. The maximum Gasteiger partial charge on any atom is 0.277 e. The molecule has 1 aromatic heterocycles. The lowest BCUT2D eigenvalue weighted by Gasteiger charge is -2.47. The van der Waals surface area contributed by atoms with Gasteiger partial charge in [-0.3, -0.25) is 19.3 Å². The number of aliphatic hydroxyl groups excluding tert-OH is 1. The maximum absolute atomic E-state index is 13.0. The van der Waals surface area contributed by atoms with Gasteiger partial charge in [-0.2, -0.15) is 0 Å². The van der Waals surface area contributed by atoms with E-state index in [-0.39, 0.29) is 35.0 Å². The second-order valence-corrected chi connectivity index (χ2v) is 6.68. The summed E-state index contributed by atoms with van der Waals surface area (Å²) in [5, 5.41) is 12.0. The highest BCUT2D eigenvalue weighted by atomic mass is 16.5. The molecule has 0 fully saturated rings. The quantitative estimate of drug-likeness (QED) is 0.703. The summed E-state index contributed by atoms with van der Waals surface area (Å²) in [7, 11) is 3.10. The third-order valence-corrected chi connectivity index (χ3v) is 4.94. The van der Waals surface area contributed by atoms with Gasteiger partial charge in [-0.25, -0.2) is 0 Å². The number of pyridine rings is 1. The van der Waals surface area contributed by atoms with Crippen molar-refractivity contribution in [3.63, 3.8) is 0 Å². The van der Waals surface area contributed by atoms with Gasteiger partial charge >= 0.3 is 0 Å². The molecule has 1 aliphatic rings. The number of methoxy groups -OCH3 is 1. The van der Waals surface area contributed by atoms with Crippen LogP contribution < -0.4 is 15.2 Å². The van der Waals surface area contributed by atoms with Crippen LogP contribution in [0, 0.1) is 0 Å². The zero-order valence-electron chi connectivity index (χ0n) is 16.5. The van der Waals surface area contributed by atoms with Crippen LogP contribution in [0.3, 0.4) is 0 Å². The van der Waals surface area contributed by atoms with Gasteiger partial charge in [-0.15, -0.1) is 0 Å². The average Bonchev–Trinajstić information content (AvgIpc) is 2.67. The zero-order chi connectivity index (χ0) is 20.1. The SMILES string of the molecule is C=C/C=C\C(C)N1C(CC[C@@H](O)CC)N(C)C(=O)c2c(OC)c(=O)ccn21. The van der Waals surface area contributed by atoms with Crippen LogP contribution in [0.1, 0.15) is 43.6 Å². The fraction of sp³-hybridized carbons (Fsp3) is 0.500. The van der Waals surface area contributed by atoms with Crippen molar-refractivity contribution in [1.29, 1.82) is 0 Å². The van der Waals surface area contributed by atoms with Gasteiger partial charge in [0.05, 0.1) is 19.3 Å². The normalized spacial score (nSPS) is 19.1. The minimum absolute atomic E-state index is 0.0336. The third-order valence-electron chi connectivity index (χ3n) is 4.94. The number of amides is 1. The van der Waals surface area contributed by atoms with Crippen molar-refractivity contribution in [3.8, 4) is 5.75 Å². The van der Waals surface area contributed by atoms with Gasteiger partial charge in [-0.05, 0) is 26.2 Å². The second-order valence-electron chi connectivity index (χ2n) is 6.68. The summed E-state index contributed by atoms with van der Waals surface area (Å²) in [6, 6.07) is 1.31. The van der Waals surface area contributed by atoms with E-state index in [4.69, 9.17) is 4.74 Å². The summed E-state index contributed by atoms with van der Waals surface area (Å²) in [6.45, 7) is 7.64. The predicted octanol–water partition coefficient (Wildman–Crippen LogP) is 1.89. The summed E-state index contributed by atoms with van der Waals surface area (Å²) in [5.41, 5.74) is -0.127. The fourth-order valence-corrected chi connectivity index (χ4v) is 3.38. The number of carbonyl (C=O) groups is 1. The Hall–Kier alpha value is -2.54. The highest BCUT2D eigenvalue weighted by Crippen LogP contribution is 2.27. The fourth-order valence-electron chi connectivity index (χ4n) is 3.38. The van der Waals surface area contributed by atoms with Crippen molar-refractivity contribution < 1.29 is 14.6 Å². The van der Waals surface area contributed by atoms with Crippen LogP contribution in [0.5, 0.6) is 5.75 Å². The molecule has 7 nitrogen and oxygen atoms in total. The molecule has 0 radical (unpaired) electrons. The van der Waals surface area contributed by atoms with E-state index in [9.17, 15) is 14.7 Å². The van der Waals surface area contributed by atoms with E-state index in [1.807, 2.05) is 31.0 Å². The minimum atomic E-state index is -0.417. The van der Waals surface area contributed by atoms with Crippen molar-refractivity contribution in [2.24, 2.45) is 0 Å². The van der Waals surface area contributed by atoms with E-state index in [2.05, 4.69) is 6.58 Å². The Morgan fingerprint density at radius 2 is 2.11 bits per heavy atom. The lowest BCUT2D eigenvalue weighted by Crippen LogP contribution is -2.62. The molecule has 0 saturated carbocycles. The van der Waals surface area contributed by atoms with Crippen LogP contribution in [0.4, 0.5) is 0 Å². The van der Waals surface area contributed by atoms with Gasteiger partial charge in [0.15, 0.2) is 11.4 Å². The summed E-state index contributed by atoms with van der Waals surface area (Å²) in [6.07, 6.45) is 8.24. The standard InChI is InChI=1S/C20H29N3O4/c1-6-8-9-14(3)23-17(11-10-15(24)7-2)21(4)20(26)18-19(27-5)16(25)12-13-22(18)23/h6,8-9,12-15,17,24H,1,7,10-11H2,2-5H3/b9-8-/t14?,15-,17?/m0/s1. The number of ether oxygens (including phenoxy) is 1. The summed E-state index contributed by atoms with van der Waals surface area (Å²) in [4.78, 5) is 26.8. The molecule has 0 aliphatic carbocycles. The van der Waals surface area contributed by atoms with Crippen molar-refractivity contribution in [2.45, 2.75) is 51.4 Å². The molecule has 0 bridgehead atoms. The number of aliphatic hydroxyl groups is 1. The first-order valence-electron chi connectivity index (χ1n) is 9.20. The van der Waals surface area contributed by atoms with Gasteiger partial charge < -0.3 is 14.7 Å². The smallest absolute Gasteiger partial charge is 0.277 e. The molecule has 3 atom stereocenters. The molecule has 1 N–H and O–H groups in total. The first kappa shape index (κ1) is 20.8. The van der Waals surface area contributed by atoms with Crippen LogP contribution in [0.25, 0.3) is 0 Å². The summed E-state index contributed by atoms with van der Waals surface area (Å²) < 4.78 is 6.94. The number of carbonyl (C=O) groups excluding carboxylic acids is 1. The van der Waals surface area contributed by atoms with Gasteiger partial charge in [0.1, 0.15) is 6.17 Å². The third kappa shape index (κ3) is 4.08. The van der Waals surface area contributed by atoms with E-state index in [0.717, 1.165) is 0 Å². The molecule has 1 aliphatic heterocycles. The summed E-state index contributed by atoms with van der Waals surface area (Å²) in [5.74, 6) is -0.247. The van der Waals surface area contributed by atoms with Crippen LogP contribution >= 0.6 is 0 Å². The molecule has 148 valence electrons. The molecule has 2 rings (SSSR count). The topological polar surface area (TPSA) is 75.0 Å². The molecule has 1 amide bonds. The molecular weight excluding hydrogens is 346 g/mol. The number of allylic oxidation sites excluding steroid dienone is 2. The zero-order valence-corrected chi connectivity index (χ0v) is 16.5. The number of rotatable bonds is 8. The maximum atomic E-state index is 13.0. The van der Waals surface area contributed by atoms with Crippen molar-refractivity contribution in [2.75, 3.05) is 19.2 Å². The number of hydrogen-bond donors (Lipinski definition) is 1. The molecule has 0 spiro atoms. The van der Waals surface area contributed by atoms with Gasteiger partial charge in [0.25, 0.3) is 5.91 Å². The van der Waals surface area contributed by atoms with E-state index in [1.165, 1.54) is 13.2 Å². The Morgan fingerprint density at radius 3 is 2.70 bits per heavy atom. The number of hydrogen-bond acceptors (Lipinski definition) is 5. The molecule has 7 heteroatoms. The largest absolute Gasteiger partial charge is 0.491 e. The second kappa shape index (κ2) is 8.90. The van der Waals surface area contributed by atoms with Gasteiger partial charge in [0, 0.05) is 19.3 Å². The van der Waals surface area contributed by atoms with E-state index in [0.29, 0.717) is 19.3 Å². The number of fused-ring (bicyclic) bond motifs is 1.